The van der Waals surface area contributed by atoms with E-state index in [9.17, 15) is 18.0 Å². The maximum Gasteiger partial charge on any atom is 0.391 e. The van der Waals surface area contributed by atoms with Crippen LogP contribution in [0.1, 0.15) is 42.2 Å². The quantitative estimate of drug-likeness (QED) is 0.778. The molecule has 0 radical (unpaired) electrons. The Labute approximate surface area is 129 Å². The Morgan fingerprint density at radius 2 is 1.81 bits per heavy atom. The molecule has 2 fully saturated rings. The van der Waals surface area contributed by atoms with Crippen LogP contribution in [0, 0.1) is 5.92 Å². The van der Waals surface area contributed by atoms with Crippen molar-refractivity contribution >= 4 is 21.8 Å². The first-order chi connectivity index (χ1) is 9.86. The van der Waals surface area contributed by atoms with Gasteiger partial charge >= 0.3 is 6.18 Å². The number of carbonyl (C=O) groups is 1. The average molecular weight is 365 g/mol. The summed E-state index contributed by atoms with van der Waals surface area (Å²) in [4.78, 5) is 14.1. The van der Waals surface area contributed by atoms with Crippen molar-refractivity contribution in [1.82, 2.24) is 9.47 Å². The second kappa shape index (κ2) is 5.34. The van der Waals surface area contributed by atoms with Gasteiger partial charge in [0, 0.05) is 29.8 Å². The highest BCUT2D eigenvalue weighted by molar-refractivity contribution is 9.10. The summed E-state index contributed by atoms with van der Waals surface area (Å²) >= 11 is 3.37. The zero-order valence-electron chi connectivity index (χ0n) is 11.4. The molecule has 0 N–H and O–H groups in total. The fraction of sp³-hybridized carbons (Fsp3) is 0.643. The number of amides is 1. The number of carbonyl (C=O) groups excluding carboxylic acids is 1. The SMILES string of the molecule is O=C(c1cc(Br)cn1C1CC1)N1CCC(C(F)(F)F)CC1. The van der Waals surface area contributed by atoms with Gasteiger partial charge in [-0.15, -0.1) is 0 Å². The van der Waals surface area contributed by atoms with Crippen LogP contribution in [0.15, 0.2) is 16.7 Å². The number of hydrogen-bond acceptors (Lipinski definition) is 1. The van der Waals surface area contributed by atoms with Gasteiger partial charge in [0.1, 0.15) is 5.69 Å². The maximum absolute atomic E-state index is 12.7. The van der Waals surface area contributed by atoms with Gasteiger partial charge in [0.15, 0.2) is 0 Å². The third-order valence-electron chi connectivity index (χ3n) is 4.22. The minimum absolute atomic E-state index is 0.000542. The number of rotatable bonds is 2. The van der Waals surface area contributed by atoms with Crippen molar-refractivity contribution in [1.29, 1.82) is 0 Å². The highest BCUT2D eigenvalue weighted by Crippen LogP contribution is 2.38. The molecule has 3 nitrogen and oxygen atoms in total. The van der Waals surface area contributed by atoms with Gasteiger partial charge in [-0.2, -0.15) is 13.2 Å². The smallest absolute Gasteiger partial charge is 0.339 e. The third kappa shape index (κ3) is 3.12. The number of nitrogens with zero attached hydrogens (tertiary/aromatic N) is 2. The molecule has 116 valence electrons. The molecule has 0 atom stereocenters. The lowest BCUT2D eigenvalue weighted by molar-refractivity contribution is -0.183. The van der Waals surface area contributed by atoms with Crippen LogP contribution in [0.25, 0.3) is 0 Å². The van der Waals surface area contributed by atoms with Gasteiger partial charge < -0.3 is 9.47 Å². The molecule has 1 aliphatic heterocycles. The molecule has 2 heterocycles. The highest BCUT2D eigenvalue weighted by Gasteiger charge is 2.42. The molecule has 1 saturated heterocycles. The van der Waals surface area contributed by atoms with Crippen LogP contribution in [0.4, 0.5) is 13.2 Å². The molecule has 0 aromatic carbocycles. The Kier molecular flexibility index (Phi) is 3.80. The first-order valence-electron chi connectivity index (χ1n) is 7.09. The summed E-state index contributed by atoms with van der Waals surface area (Å²) in [6.45, 7) is 0.354. The van der Waals surface area contributed by atoms with E-state index in [0.717, 1.165) is 17.3 Å². The van der Waals surface area contributed by atoms with E-state index >= 15 is 0 Å². The Morgan fingerprint density at radius 1 is 1.19 bits per heavy atom. The molecule has 0 unspecified atom stereocenters. The van der Waals surface area contributed by atoms with Gasteiger partial charge in [-0.25, -0.2) is 0 Å². The molecule has 2 aliphatic rings. The molecule has 7 heteroatoms. The van der Waals surface area contributed by atoms with Gasteiger partial charge in [-0.3, -0.25) is 4.79 Å². The summed E-state index contributed by atoms with van der Waals surface area (Å²) in [5.74, 6) is -1.43. The average Bonchev–Trinajstić information content (AvgIpc) is 3.20. The lowest BCUT2D eigenvalue weighted by Gasteiger charge is -2.33. The third-order valence-corrected chi connectivity index (χ3v) is 4.65. The van der Waals surface area contributed by atoms with Crippen LogP contribution in [-0.2, 0) is 0 Å². The molecule has 1 aromatic heterocycles. The zero-order valence-corrected chi connectivity index (χ0v) is 13.0. The van der Waals surface area contributed by atoms with E-state index < -0.39 is 12.1 Å². The minimum Gasteiger partial charge on any atom is -0.339 e. The molecule has 0 spiro atoms. The molecule has 3 rings (SSSR count). The van der Waals surface area contributed by atoms with Crippen LogP contribution >= 0.6 is 15.9 Å². The maximum atomic E-state index is 12.7. The fourth-order valence-corrected chi connectivity index (χ4v) is 3.28. The van der Waals surface area contributed by atoms with E-state index in [4.69, 9.17) is 0 Å². The van der Waals surface area contributed by atoms with Gasteiger partial charge in [-0.1, -0.05) is 0 Å². The van der Waals surface area contributed by atoms with Crippen molar-refractivity contribution < 1.29 is 18.0 Å². The van der Waals surface area contributed by atoms with E-state index in [2.05, 4.69) is 15.9 Å². The summed E-state index contributed by atoms with van der Waals surface area (Å²) in [5.41, 5.74) is 0.579. The van der Waals surface area contributed by atoms with Crippen molar-refractivity contribution in [3.8, 4) is 0 Å². The first-order valence-corrected chi connectivity index (χ1v) is 7.89. The van der Waals surface area contributed by atoms with Gasteiger partial charge in [0.2, 0.25) is 0 Å². The predicted molar refractivity (Wildman–Crippen MR) is 75.1 cm³/mol. The summed E-state index contributed by atoms with van der Waals surface area (Å²) in [6.07, 6.45) is -0.157. The summed E-state index contributed by atoms with van der Waals surface area (Å²) in [7, 11) is 0. The Bertz CT molecular complexity index is 543. The van der Waals surface area contributed by atoms with E-state index in [-0.39, 0.29) is 31.8 Å². The van der Waals surface area contributed by atoms with Crippen LogP contribution in [0.3, 0.4) is 0 Å². The summed E-state index contributed by atoms with van der Waals surface area (Å²) < 4.78 is 40.8. The van der Waals surface area contributed by atoms with Crippen LogP contribution in [0.5, 0.6) is 0 Å². The normalized spacial score (nSPS) is 20.9. The second-order valence-electron chi connectivity index (χ2n) is 5.79. The Hall–Kier alpha value is -0.980. The van der Waals surface area contributed by atoms with Crippen molar-refractivity contribution in [2.45, 2.75) is 37.9 Å². The number of alkyl halides is 3. The molecule has 1 aliphatic carbocycles. The molecular weight excluding hydrogens is 349 g/mol. The lowest BCUT2D eigenvalue weighted by atomic mass is 9.96. The molecular formula is C14H16BrF3N2O. The summed E-state index contributed by atoms with van der Waals surface area (Å²) in [5, 5.41) is 0. The highest BCUT2D eigenvalue weighted by atomic mass is 79.9. The Morgan fingerprint density at radius 3 is 2.33 bits per heavy atom. The van der Waals surface area contributed by atoms with Crippen molar-refractivity contribution in [3.05, 3.63) is 22.4 Å². The molecule has 21 heavy (non-hydrogen) atoms. The van der Waals surface area contributed by atoms with Crippen molar-refractivity contribution in [2.75, 3.05) is 13.1 Å². The molecule has 1 aromatic rings. The first kappa shape index (κ1) is 14.9. The van der Waals surface area contributed by atoms with Crippen molar-refractivity contribution in [2.24, 2.45) is 5.92 Å². The predicted octanol–water partition coefficient (Wildman–Crippen LogP) is 4.00. The Balaban J connectivity index is 1.70. The number of likely N-dealkylation sites (tertiary alicyclic amines) is 1. The van der Waals surface area contributed by atoms with E-state index in [0.29, 0.717) is 11.7 Å². The van der Waals surface area contributed by atoms with E-state index in [1.165, 1.54) is 0 Å². The monoisotopic (exact) mass is 364 g/mol. The molecule has 0 bridgehead atoms. The number of hydrogen-bond donors (Lipinski definition) is 0. The topological polar surface area (TPSA) is 25.2 Å². The van der Waals surface area contributed by atoms with E-state index in [1.807, 2.05) is 10.8 Å². The van der Waals surface area contributed by atoms with Crippen molar-refractivity contribution in [3.63, 3.8) is 0 Å². The van der Waals surface area contributed by atoms with Gasteiger partial charge in [-0.05, 0) is 47.7 Å². The fourth-order valence-electron chi connectivity index (χ4n) is 2.84. The lowest BCUT2D eigenvalue weighted by Crippen LogP contribution is -2.42. The number of piperidine rings is 1. The summed E-state index contributed by atoms with van der Waals surface area (Å²) in [6, 6.07) is 2.12. The zero-order chi connectivity index (χ0) is 15.2. The van der Waals surface area contributed by atoms with E-state index in [1.54, 1.807) is 11.0 Å². The van der Waals surface area contributed by atoms with Crippen LogP contribution in [0.2, 0.25) is 0 Å². The van der Waals surface area contributed by atoms with Crippen LogP contribution in [-0.4, -0.2) is 34.6 Å². The second-order valence-corrected chi connectivity index (χ2v) is 6.71. The van der Waals surface area contributed by atoms with Crippen LogP contribution < -0.4 is 0 Å². The van der Waals surface area contributed by atoms with Gasteiger partial charge in [0.25, 0.3) is 5.91 Å². The molecule has 1 saturated carbocycles. The number of halogens is 4. The number of aromatic nitrogens is 1. The standard InChI is InChI=1S/C14H16BrF3N2O/c15-10-7-12(20(8-10)11-1-2-11)13(21)19-5-3-9(4-6-19)14(16,17)18/h7-9,11H,1-6H2. The minimum atomic E-state index is -4.15. The van der Waals surface area contributed by atoms with Gasteiger partial charge in [0.05, 0.1) is 5.92 Å². The molecule has 1 amide bonds. The largest absolute Gasteiger partial charge is 0.391 e.